The van der Waals surface area contributed by atoms with Gasteiger partial charge in [-0.3, -0.25) is 10.1 Å². The van der Waals surface area contributed by atoms with Crippen molar-refractivity contribution in [2.75, 3.05) is 18.6 Å². The standard InChI is InChI=1S/C20H22N4O2/c1-25-19-7-6-15(10-20(19)26-14-16-4-2-8-21-11-16)13-24-9-3-5-17-18(24)12-22-23-17/h2,4,6-8,10-12H,3,5,9,13-14H2,1H3,(H,22,23). The van der Waals surface area contributed by atoms with Crippen LogP contribution in [0.5, 0.6) is 11.5 Å². The van der Waals surface area contributed by atoms with E-state index in [1.807, 2.05) is 30.6 Å². The van der Waals surface area contributed by atoms with E-state index in [-0.39, 0.29) is 0 Å². The number of benzene rings is 1. The molecule has 26 heavy (non-hydrogen) atoms. The van der Waals surface area contributed by atoms with E-state index in [1.165, 1.54) is 16.9 Å². The third-order valence-electron chi connectivity index (χ3n) is 4.61. The van der Waals surface area contributed by atoms with Gasteiger partial charge in [-0.25, -0.2) is 0 Å². The summed E-state index contributed by atoms with van der Waals surface area (Å²) in [6, 6.07) is 10.0. The smallest absolute Gasteiger partial charge is 0.162 e. The summed E-state index contributed by atoms with van der Waals surface area (Å²) >= 11 is 0. The predicted molar refractivity (Wildman–Crippen MR) is 99.5 cm³/mol. The van der Waals surface area contributed by atoms with Gasteiger partial charge in [-0.1, -0.05) is 12.1 Å². The molecule has 0 amide bonds. The Kier molecular flexibility index (Phi) is 4.73. The van der Waals surface area contributed by atoms with E-state index < -0.39 is 0 Å². The van der Waals surface area contributed by atoms with Crippen molar-refractivity contribution >= 4 is 5.69 Å². The van der Waals surface area contributed by atoms with Crippen molar-refractivity contribution < 1.29 is 9.47 Å². The van der Waals surface area contributed by atoms with E-state index >= 15 is 0 Å². The minimum Gasteiger partial charge on any atom is -0.493 e. The molecule has 0 aliphatic carbocycles. The minimum atomic E-state index is 0.462. The van der Waals surface area contributed by atoms with Crippen molar-refractivity contribution in [3.05, 3.63) is 65.7 Å². The first-order chi connectivity index (χ1) is 12.8. The van der Waals surface area contributed by atoms with Gasteiger partial charge in [0.25, 0.3) is 0 Å². The summed E-state index contributed by atoms with van der Waals surface area (Å²) in [5, 5.41) is 7.29. The number of rotatable bonds is 6. The summed E-state index contributed by atoms with van der Waals surface area (Å²) in [7, 11) is 1.66. The van der Waals surface area contributed by atoms with Gasteiger partial charge in [0.05, 0.1) is 24.7 Å². The zero-order chi connectivity index (χ0) is 17.8. The van der Waals surface area contributed by atoms with Crippen molar-refractivity contribution in [2.24, 2.45) is 0 Å². The predicted octanol–water partition coefficient (Wildman–Crippen LogP) is 3.35. The number of anilines is 1. The van der Waals surface area contributed by atoms with Crippen LogP contribution < -0.4 is 14.4 Å². The largest absolute Gasteiger partial charge is 0.493 e. The Bertz CT molecular complexity index is 863. The normalized spacial score (nSPS) is 13.3. The van der Waals surface area contributed by atoms with E-state index in [4.69, 9.17) is 9.47 Å². The van der Waals surface area contributed by atoms with Gasteiger partial charge in [-0.2, -0.15) is 5.10 Å². The summed E-state index contributed by atoms with van der Waals surface area (Å²) in [4.78, 5) is 6.48. The Morgan fingerprint density at radius 2 is 2.12 bits per heavy atom. The number of hydrogen-bond acceptors (Lipinski definition) is 5. The number of aromatic nitrogens is 3. The molecular weight excluding hydrogens is 328 g/mol. The first kappa shape index (κ1) is 16.4. The Morgan fingerprint density at radius 3 is 2.96 bits per heavy atom. The molecule has 1 N–H and O–H groups in total. The number of fused-ring (bicyclic) bond motifs is 1. The van der Waals surface area contributed by atoms with Gasteiger partial charge >= 0.3 is 0 Å². The third-order valence-corrected chi connectivity index (χ3v) is 4.61. The van der Waals surface area contributed by atoms with E-state index in [0.29, 0.717) is 6.61 Å². The fourth-order valence-electron chi connectivity index (χ4n) is 3.29. The molecule has 2 aromatic heterocycles. The maximum absolute atomic E-state index is 6.00. The highest BCUT2D eigenvalue weighted by Crippen LogP contribution is 2.31. The highest BCUT2D eigenvalue weighted by molar-refractivity contribution is 5.52. The Morgan fingerprint density at radius 1 is 1.15 bits per heavy atom. The summed E-state index contributed by atoms with van der Waals surface area (Å²) in [5.74, 6) is 1.48. The number of pyridine rings is 1. The SMILES string of the molecule is COc1ccc(CN2CCCc3[nH]ncc32)cc1OCc1cccnc1. The number of nitrogens with one attached hydrogen (secondary N) is 1. The van der Waals surface area contributed by atoms with Crippen molar-refractivity contribution in [3.8, 4) is 11.5 Å². The zero-order valence-electron chi connectivity index (χ0n) is 14.8. The molecule has 1 aliphatic heterocycles. The lowest BCUT2D eigenvalue weighted by molar-refractivity contribution is 0.284. The topological polar surface area (TPSA) is 63.3 Å². The van der Waals surface area contributed by atoms with Crippen molar-refractivity contribution in [2.45, 2.75) is 26.0 Å². The molecule has 0 atom stereocenters. The maximum Gasteiger partial charge on any atom is 0.162 e. The average Bonchev–Trinajstić information content (AvgIpc) is 3.17. The summed E-state index contributed by atoms with van der Waals surface area (Å²) < 4.78 is 11.4. The van der Waals surface area contributed by atoms with Gasteiger partial charge in [-0.05, 0) is 36.6 Å². The number of ether oxygens (including phenoxy) is 2. The average molecular weight is 350 g/mol. The number of aromatic amines is 1. The third kappa shape index (κ3) is 3.49. The molecule has 0 unspecified atom stereocenters. The highest BCUT2D eigenvalue weighted by atomic mass is 16.5. The van der Waals surface area contributed by atoms with Crippen molar-refractivity contribution in [3.63, 3.8) is 0 Å². The molecule has 6 heteroatoms. The lowest BCUT2D eigenvalue weighted by Crippen LogP contribution is -2.28. The first-order valence-corrected chi connectivity index (χ1v) is 8.79. The fraction of sp³-hybridized carbons (Fsp3) is 0.300. The molecule has 0 saturated heterocycles. The first-order valence-electron chi connectivity index (χ1n) is 8.79. The van der Waals surface area contributed by atoms with Gasteiger partial charge in [0.15, 0.2) is 11.5 Å². The van der Waals surface area contributed by atoms with E-state index in [9.17, 15) is 0 Å². The van der Waals surface area contributed by atoms with Crippen LogP contribution in [-0.4, -0.2) is 28.8 Å². The van der Waals surface area contributed by atoms with Crippen LogP contribution in [0.25, 0.3) is 0 Å². The van der Waals surface area contributed by atoms with Crippen LogP contribution in [0.15, 0.2) is 48.9 Å². The molecule has 1 aliphatic rings. The number of aryl methyl sites for hydroxylation is 1. The quantitative estimate of drug-likeness (QED) is 0.739. The lowest BCUT2D eigenvalue weighted by Gasteiger charge is -2.28. The molecule has 4 rings (SSSR count). The monoisotopic (exact) mass is 350 g/mol. The van der Waals surface area contributed by atoms with Crippen LogP contribution in [0.2, 0.25) is 0 Å². The molecule has 0 bridgehead atoms. The van der Waals surface area contributed by atoms with E-state index in [2.05, 4.69) is 32.2 Å². The Balaban J connectivity index is 1.51. The van der Waals surface area contributed by atoms with Crippen molar-refractivity contribution in [1.82, 2.24) is 15.2 Å². The lowest BCUT2D eigenvalue weighted by atomic mass is 10.1. The maximum atomic E-state index is 6.00. The van der Waals surface area contributed by atoms with Crippen molar-refractivity contribution in [1.29, 1.82) is 0 Å². The van der Waals surface area contributed by atoms with Crippen LogP contribution in [0, 0.1) is 0 Å². The second-order valence-corrected chi connectivity index (χ2v) is 6.39. The van der Waals surface area contributed by atoms with Gasteiger partial charge in [0.1, 0.15) is 6.61 Å². The Hall–Kier alpha value is -3.02. The molecular formula is C20H22N4O2. The zero-order valence-corrected chi connectivity index (χ0v) is 14.8. The highest BCUT2D eigenvalue weighted by Gasteiger charge is 2.19. The van der Waals surface area contributed by atoms with Gasteiger partial charge in [0, 0.05) is 31.0 Å². The Labute approximate surface area is 152 Å². The van der Waals surface area contributed by atoms with Gasteiger partial charge < -0.3 is 14.4 Å². The molecule has 1 aromatic carbocycles. The second-order valence-electron chi connectivity index (χ2n) is 6.39. The molecule has 0 spiro atoms. The number of nitrogens with zero attached hydrogens (tertiary/aromatic N) is 3. The molecule has 134 valence electrons. The van der Waals surface area contributed by atoms with Crippen LogP contribution in [0.1, 0.15) is 23.2 Å². The molecule has 0 saturated carbocycles. The van der Waals surface area contributed by atoms with Crippen LogP contribution in [0.3, 0.4) is 0 Å². The fourth-order valence-corrected chi connectivity index (χ4v) is 3.29. The molecule has 6 nitrogen and oxygen atoms in total. The van der Waals surface area contributed by atoms with E-state index in [0.717, 1.165) is 43.0 Å². The van der Waals surface area contributed by atoms with Crippen LogP contribution >= 0.6 is 0 Å². The summed E-state index contributed by atoms with van der Waals surface area (Å²) in [5.41, 5.74) is 4.63. The van der Waals surface area contributed by atoms with Crippen LogP contribution in [-0.2, 0) is 19.6 Å². The number of methoxy groups -OCH3 is 1. The van der Waals surface area contributed by atoms with Crippen LogP contribution in [0.4, 0.5) is 5.69 Å². The number of hydrogen-bond donors (Lipinski definition) is 1. The van der Waals surface area contributed by atoms with Gasteiger partial charge in [0.2, 0.25) is 0 Å². The molecule has 3 aromatic rings. The second kappa shape index (κ2) is 7.47. The summed E-state index contributed by atoms with van der Waals surface area (Å²) in [6.07, 6.45) is 7.68. The van der Waals surface area contributed by atoms with E-state index in [1.54, 1.807) is 13.3 Å². The molecule has 0 fully saturated rings. The molecule has 3 heterocycles. The van der Waals surface area contributed by atoms with Gasteiger partial charge in [-0.15, -0.1) is 0 Å². The summed E-state index contributed by atoms with van der Waals surface area (Å²) in [6.45, 7) is 2.31. The number of H-pyrrole nitrogens is 1. The minimum absolute atomic E-state index is 0.462. The molecule has 0 radical (unpaired) electrons.